The van der Waals surface area contributed by atoms with E-state index in [-0.39, 0.29) is 24.3 Å². The molecule has 5 rings (SSSR count). The highest BCUT2D eigenvalue weighted by atomic mass is 16.6. The largest absolute Gasteiger partial charge is 0.508 e. The highest BCUT2D eigenvalue weighted by Gasteiger charge is 2.45. The van der Waals surface area contributed by atoms with Gasteiger partial charge in [-0.05, 0) is 30.7 Å². The number of hydrogen-bond donors (Lipinski definition) is 2. The summed E-state index contributed by atoms with van der Waals surface area (Å²) in [5.41, 5.74) is 1.14. The standard InChI is InChI=1S/C20H16N2O5/c1-2-20(26)14-7-16-17-11(5-10-3-4-12(23)6-15(10)21-17)8-22(16)18(24)13(14)9-27-19(20)25/h3-7,23,26H,2,8-9H2,1H3/t20-/m0/s1. The SMILES string of the molecule is CC[C@@]1(O)C(=O)OCc2c1cc1n(c2=O)Cc2cc3ccc(O)cc3nc2-1. The molecule has 0 amide bonds. The van der Waals surface area contributed by atoms with Gasteiger partial charge in [-0.2, -0.15) is 0 Å². The second-order valence-corrected chi connectivity index (χ2v) is 6.98. The van der Waals surface area contributed by atoms with Crippen LogP contribution in [0.3, 0.4) is 0 Å². The number of carbonyl (C=O) groups is 1. The first kappa shape index (κ1) is 16.0. The second-order valence-electron chi connectivity index (χ2n) is 6.98. The number of ether oxygens (including phenoxy) is 1. The number of nitrogens with zero attached hydrogens (tertiary/aromatic N) is 2. The number of carbonyl (C=O) groups excluding carboxylic acids is 1. The summed E-state index contributed by atoms with van der Waals surface area (Å²) >= 11 is 0. The van der Waals surface area contributed by atoms with Crippen molar-refractivity contribution in [1.82, 2.24) is 9.55 Å². The minimum Gasteiger partial charge on any atom is -0.508 e. The predicted octanol–water partition coefficient (Wildman–Crippen LogP) is 1.79. The van der Waals surface area contributed by atoms with Gasteiger partial charge in [0.15, 0.2) is 5.60 Å². The van der Waals surface area contributed by atoms with Gasteiger partial charge in [-0.1, -0.05) is 6.92 Å². The molecule has 7 heteroatoms. The van der Waals surface area contributed by atoms with E-state index in [9.17, 15) is 19.8 Å². The van der Waals surface area contributed by atoms with Crippen LogP contribution in [0.5, 0.6) is 5.75 Å². The molecular weight excluding hydrogens is 348 g/mol. The average Bonchev–Trinajstić information content (AvgIpc) is 3.01. The fraction of sp³-hybridized carbons (Fsp3) is 0.250. The number of phenolic OH excluding ortho intramolecular Hbond substituents is 1. The van der Waals surface area contributed by atoms with Gasteiger partial charge in [-0.15, -0.1) is 0 Å². The molecule has 136 valence electrons. The summed E-state index contributed by atoms with van der Waals surface area (Å²) in [4.78, 5) is 29.8. The molecule has 0 fully saturated rings. The third kappa shape index (κ3) is 2.03. The van der Waals surface area contributed by atoms with Crippen molar-refractivity contribution in [3.63, 3.8) is 0 Å². The maximum Gasteiger partial charge on any atom is 0.343 e. The van der Waals surface area contributed by atoms with E-state index in [2.05, 4.69) is 4.98 Å². The van der Waals surface area contributed by atoms with E-state index in [0.29, 0.717) is 34.6 Å². The van der Waals surface area contributed by atoms with E-state index in [1.54, 1.807) is 35.8 Å². The van der Waals surface area contributed by atoms with E-state index >= 15 is 0 Å². The van der Waals surface area contributed by atoms with Gasteiger partial charge in [0.25, 0.3) is 5.56 Å². The molecule has 2 aliphatic heterocycles. The number of aromatic hydroxyl groups is 1. The first-order valence-electron chi connectivity index (χ1n) is 8.72. The number of esters is 1. The molecule has 0 bridgehead atoms. The van der Waals surface area contributed by atoms with Crippen LogP contribution < -0.4 is 5.56 Å². The number of rotatable bonds is 1. The topological polar surface area (TPSA) is 102 Å². The molecule has 1 aromatic carbocycles. The molecule has 2 N–H and O–H groups in total. The summed E-state index contributed by atoms with van der Waals surface area (Å²) in [6, 6.07) is 8.55. The molecule has 0 radical (unpaired) electrons. The lowest BCUT2D eigenvalue weighted by atomic mass is 9.86. The van der Waals surface area contributed by atoms with Crippen LogP contribution in [0.2, 0.25) is 0 Å². The Kier molecular flexibility index (Phi) is 3.07. The first-order chi connectivity index (χ1) is 12.9. The minimum absolute atomic E-state index is 0.105. The summed E-state index contributed by atoms with van der Waals surface area (Å²) in [6.45, 7) is 1.89. The van der Waals surface area contributed by atoms with Crippen molar-refractivity contribution < 1.29 is 19.7 Å². The van der Waals surface area contributed by atoms with Gasteiger partial charge in [0.05, 0.1) is 29.0 Å². The number of cyclic esters (lactones) is 1. The zero-order chi connectivity index (χ0) is 18.9. The molecule has 2 aromatic heterocycles. The molecule has 3 aromatic rings. The van der Waals surface area contributed by atoms with Gasteiger partial charge in [0.1, 0.15) is 12.4 Å². The van der Waals surface area contributed by atoms with Crippen molar-refractivity contribution >= 4 is 16.9 Å². The number of benzene rings is 1. The lowest BCUT2D eigenvalue weighted by Crippen LogP contribution is -2.44. The molecule has 0 saturated carbocycles. The lowest BCUT2D eigenvalue weighted by Gasteiger charge is -2.31. The van der Waals surface area contributed by atoms with Gasteiger partial charge >= 0.3 is 5.97 Å². The van der Waals surface area contributed by atoms with Crippen LogP contribution >= 0.6 is 0 Å². The number of hydrogen-bond acceptors (Lipinski definition) is 6. The molecule has 2 aliphatic rings. The Morgan fingerprint density at radius 3 is 2.85 bits per heavy atom. The summed E-state index contributed by atoms with van der Waals surface area (Å²) in [5, 5.41) is 21.4. The van der Waals surface area contributed by atoms with E-state index < -0.39 is 11.6 Å². The van der Waals surface area contributed by atoms with Crippen LogP contribution in [0, 0.1) is 0 Å². The molecule has 0 aliphatic carbocycles. The monoisotopic (exact) mass is 364 g/mol. The number of aromatic nitrogens is 2. The summed E-state index contributed by atoms with van der Waals surface area (Å²) in [6.07, 6.45) is 0.105. The Morgan fingerprint density at radius 2 is 2.07 bits per heavy atom. The maximum atomic E-state index is 13.0. The molecule has 0 unspecified atom stereocenters. The molecular formula is C20H16N2O5. The Hall–Kier alpha value is -3.19. The smallest absolute Gasteiger partial charge is 0.343 e. The maximum absolute atomic E-state index is 13.0. The van der Waals surface area contributed by atoms with Gasteiger partial charge in [0.2, 0.25) is 0 Å². The van der Waals surface area contributed by atoms with Crippen LogP contribution in [0.4, 0.5) is 0 Å². The Bertz CT molecular complexity index is 1210. The van der Waals surface area contributed by atoms with E-state index in [1.807, 2.05) is 6.07 Å². The van der Waals surface area contributed by atoms with Crippen molar-refractivity contribution in [2.75, 3.05) is 0 Å². The average molecular weight is 364 g/mol. The number of phenols is 1. The van der Waals surface area contributed by atoms with E-state index in [1.165, 1.54) is 0 Å². The van der Waals surface area contributed by atoms with Crippen molar-refractivity contribution in [3.05, 3.63) is 57.4 Å². The van der Waals surface area contributed by atoms with Crippen LogP contribution in [-0.2, 0) is 28.3 Å². The zero-order valence-electron chi connectivity index (χ0n) is 14.5. The highest BCUT2D eigenvalue weighted by molar-refractivity contribution is 5.86. The molecule has 27 heavy (non-hydrogen) atoms. The Morgan fingerprint density at radius 1 is 1.26 bits per heavy atom. The molecule has 1 atom stereocenters. The summed E-state index contributed by atoms with van der Waals surface area (Å²) < 4.78 is 6.65. The van der Waals surface area contributed by atoms with Crippen LogP contribution in [0.25, 0.3) is 22.3 Å². The highest BCUT2D eigenvalue weighted by Crippen LogP contribution is 2.38. The van der Waals surface area contributed by atoms with Gasteiger partial charge in [0, 0.05) is 22.6 Å². The van der Waals surface area contributed by atoms with Gasteiger partial charge in [-0.25, -0.2) is 9.78 Å². The fourth-order valence-electron chi connectivity index (χ4n) is 3.96. The van der Waals surface area contributed by atoms with Crippen LogP contribution in [0.1, 0.15) is 30.0 Å². The second kappa shape index (κ2) is 5.17. The molecule has 0 spiro atoms. The van der Waals surface area contributed by atoms with Gasteiger partial charge < -0.3 is 19.5 Å². The van der Waals surface area contributed by atoms with Crippen molar-refractivity contribution in [2.24, 2.45) is 0 Å². The third-order valence-corrected chi connectivity index (χ3v) is 5.49. The number of pyridine rings is 2. The summed E-state index contributed by atoms with van der Waals surface area (Å²) in [5.74, 6) is -0.629. The van der Waals surface area contributed by atoms with Crippen molar-refractivity contribution in [1.29, 1.82) is 0 Å². The zero-order valence-corrected chi connectivity index (χ0v) is 14.5. The van der Waals surface area contributed by atoms with Crippen LogP contribution in [-0.4, -0.2) is 25.7 Å². The third-order valence-electron chi connectivity index (χ3n) is 5.49. The lowest BCUT2D eigenvalue weighted by molar-refractivity contribution is -0.172. The quantitative estimate of drug-likeness (QED) is 0.499. The Balaban J connectivity index is 1.80. The van der Waals surface area contributed by atoms with Gasteiger partial charge in [-0.3, -0.25) is 4.79 Å². The predicted molar refractivity (Wildman–Crippen MR) is 96.2 cm³/mol. The fourth-order valence-corrected chi connectivity index (χ4v) is 3.96. The number of aliphatic hydroxyl groups is 1. The van der Waals surface area contributed by atoms with Crippen molar-refractivity contribution in [3.8, 4) is 17.1 Å². The molecule has 0 saturated heterocycles. The normalized spacial score (nSPS) is 20.1. The summed E-state index contributed by atoms with van der Waals surface area (Å²) in [7, 11) is 0. The van der Waals surface area contributed by atoms with Crippen LogP contribution in [0.15, 0.2) is 35.1 Å². The molecule has 4 heterocycles. The van der Waals surface area contributed by atoms with Crippen molar-refractivity contribution in [2.45, 2.75) is 32.1 Å². The Labute approximate surface area is 153 Å². The van der Waals surface area contributed by atoms with E-state index in [0.717, 1.165) is 10.9 Å². The minimum atomic E-state index is -1.83. The van der Waals surface area contributed by atoms with E-state index in [4.69, 9.17) is 4.74 Å². The number of fused-ring (bicyclic) bond motifs is 5. The first-order valence-corrected chi connectivity index (χ1v) is 8.72. The molecule has 7 nitrogen and oxygen atoms in total.